The van der Waals surface area contributed by atoms with Crippen LogP contribution in [0.3, 0.4) is 0 Å². The van der Waals surface area contributed by atoms with Crippen molar-refractivity contribution < 1.29 is 4.74 Å². The second-order valence-electron chi connectivity index (χ2n) is 3.47. The molecule has 0 saturated heterocycles. The molecule has 7 nitrogen and oxygen atoms in total. The number of hydrogen-bond donors (Lipinski definition) is 2. The Labute approximate surface area is 102 Å². The first kappa shape index (κ1) is 11.9. The molecule has 1 atom stereocenters. The van der Waals surface area contributed by atoms with Crippen LogP contribution in [0.2, 0.25) is 0 Å². The molecule has 2 N–H and O–H groups in total. The fourth-order valence-electron chi connectivity index (χ4n) is 1.41. The number of hydrogen-bond acceptors (Lipinski definition) is 5. The molecule has 0 bridgehead atoms. The number of ether oxygens (including phenoxy) is 1. The average Bonchev–Trinajstić information content (AvgIpc) is 2.70. The highest BCUT2D eigenvalue weighted by atomic mass is 35.5. The molecule has 0 aromatic carbocycles. The number of alkyl halides is 1. The summed E-state index contributed by atoms with van der Waals surface area (Å²) in [6.45, 7) is 0.462. The molecule has 0 amide bonds. The van der Waals surface area contributed by atoms with E-state index in [1.165, 1.54) is 4.52 Å². The van der Waals surface area contributed by atoms with Gasteiger partial charge in [-0.1, -0.05) is 0 Å². The Morgan fingerprint density at radius 2 is 2.47 bits per heavy atom. The van der Waals surface area contributed by atoms with Gasteiger partial charge in [0.25, 0.3) is 0 Å². The van der Waals surface area contributed by atoms with Gasteiger partial charge in [-0.25, -0.2) is 9.89 Å². The minimum Gasteiger partial charge on any atom is -0.383 e. The van der Waals surface area contributed by atoms with Gasteiger partial charge in [0, 0.05) is 13.0 Å². The predicted molar refractivity (Wildman–Crippen MR) is 63.6 cm³/mol. The van der Waals surface area contributed by atoms with Crippen LogP contribution in [-0.2, 0) is 4.74 Å². The van der Waals surface area contributed by atoms with Crippen molar-refractivity contribution in [2.24, 2.45) is 0 Å². The van der Waals surface area contributed by atoms with Crippen LogP contribution >= 0.6 is 11.6 Å². The highest BCUT2D eigenvalue weighted by Gasteiger charge is 2.09. The topological polar surface area (TPSA) is 84.3 Å². The third kappa shape index (κ3) is 2.56. The predicted octanol–water partition coefficient (Wildman–Crippen LogP) is 0.0833. The molecule has 2 aromatic heterocycles. The van der Waals surface area contributed by atoms with Gasteiger partial charge in [-0.2, -0.15) is 9.61 Å². The normalized spacial score (nSPS) is 12.8. The van der Waals surface area contributed by atoms with E-state index in [9.17, 15) is 4.79 Å². The van der Waals surface area contributed by atoms with Crippen LogP contribution in [0.25, 0.3) is 5.65 Å². The third-order valence-electron chi connectivity index (χ3n) is 2.18. The van der Waals surface area contributed by atoms with E-state index in [1.54, 1.807) is 19.2 Å². The zero-order chi connectivity index (χ0) is 12.3. The van der Waals surface area contributed by atoms with E-state index in [1.807, 2.05) is 0 Å². The van der Waals surface area contributed by atoms with E-state index >= 15 is 0 Å². The van der Waals surface area contributed by atoms with Crippen molar-refractivity contribution in [1.29, 1.82) is 0 Å². The Morgan fingerprint density at radius 1 is 1.65 bits per heavy atom. The average molecular weight is 258 g/mol. The van der Waals surface area contributed by atoms with Crippen LogP contribution < -0.4 is 11.0 Å². The van der Waals surface area contributed by atoms with Gasteiger partial charge in [0.15, 0.2) is 5.65 Å². The number of H-pyrrole nitrogens is 1. The molecule has 0 fully saturated rings. The molecule has 2 aromatic rings. The summed E-state index contributed by atoms with van der Waals surface area (Å²) in [6.07, 6.45) is 0. The Morgan fingerprint density at radius 3 is 3.18 bits per heavy atom. The number of aromatic amines is 1. The van der Waals surface area contributed by atoms with Crippen LogP contribution in [0.4, 0.5) is 5.82 Å². The van der Waals surface area contributed by atoms with Crippen molar-refractivity contribution in [3.8, 4) is 0 Å². The van der Waals surface area contributed by atoms with E-state index in [0.717, 1.165) is 0 Å². The maximum absolute atomic E-state index is 11.3. The zero-order valence-corrected chi connectivity index (χ0v) is 9.94. The van der Waals surface area contributed by atoms with Crippen molar-refractivity contribution in [3.05, 3.63) is 22.6 Å². The molecule has 0 spiro atoms. The monoisotopic (exact) mass is 257 g/mol. The van der Waals surface area contributed by atoms with Gasteiger partial charge in [0.1, 0.15) is 5.82 Å². The fourth-order valence-corrected chi connectivity index (χ4v) is 1.58. The Bertz CT molecular complexity index is 552. The molecule has 0 radical (unpaired) electrons. The summed E-state index contributed by atoms with van der Waals surface area (Å²) in [5, 5.41) is 13.3. The minimum atomic E-state index is -0.377. The molecular formula is C9H12ClN5O2. The number of nitrogens with one attached hydrogen (secondary N) is 2. The lowest BCUT2D eigenvalue weighted by atomic mass is 10.3. The van der Waals surface area contributed by atoms with Gasteiger partial charge in [-0.15, -0.1) is 16.7 Å². The van der Waals surface area contributed by atoms with Gasteiger partial charge in [0.2, 0.25) is 0 Å². The summed E-state index contributed by atoms with van der Waals surface area (Å²) in [4.78, 5) is 11.3. The lowest BCUT2D eigenvalue weighted by Gasteiger charge is -2.15. The van der Waals surface area contributed by atoms with E-state index in [0.29, 0.717) is 24.0 Å². The number of aromatic nitrogens is 4. The lowest BCUT2D eigenvalue weighted by molar-refractivity contribution is 0.191. The number of fused-ring (bicyclic) bond motifs is 1. The molecule has 1 unspecified atom stereocenters. The van der Waals surface area contributed by atoms with Crippen LogP contribution in [0.15, 0.2) is 16.9 Å². The first-order chi connectivity index (χ1) is 8.24. The molecule has 0 aliphatic carbocycles. The third-order valence-corrected chi connectivity index (χ3v) is 2.55. The quantitative estimate of drug-likeness (QED) is 0.742. The van der Waals surface area contributed by atoms with E-state index in [4.69, 9.17) is 16.3 Å². The maximum atomic E-state index is 11.3. The van der Waals surface area contributed by atoms with Crippen LogP contribution in [0, 0.1) is 0 Å². The summed E-state index contributed by atoms with van der Waals surface area (Å²) in [5.74, 6) is 0.928. The number of anilines is 1. The van der Waals surface area contributed by atoms with E-state index in [-0.39, 0.29) is 11.7 Å². The van der Waals surface area contributed by atoms with E-state index < -0.39 is 0 Å². The molecule has 2 heterocycles. The summed E-state index contributed by atoms with van der Waals surface area (Å²) in [7, 11) is 1.60. The molecule has 8 heteroatoms. The van der Waals surface area contributed by atoms with Gasteiger partial charge >= 0.3 is 5.69 Å². The number of methoxy groups -OCH3 is 1. The van der Waals surface area contributed by atoms with Crippen LogP contribution in [0.1, 0.15) is 0 Å². The summed E-state index contributed by atoms with van der Waals surface area (Å²) in [5.41, 5.74) is 0.0903. The molecule has 0 saturated carbocycles. The largest absolute Gasteiger partial charge is 0.383 e. The minimum absolute atomic E-state index is 0.0609. The first-order valence-electron chi connectivity index (χ1n) is 5.00. The Balaban J connectivity index is 2.23. The van der Waals surface area contributed by atoms with Crippen molar-refractivity contribution in [2.75, 3.05) is 24.9 Å². The molecular weight excluding hydrogens is 246 g/mol. The second-order valence-corrected chi connectivity index (χ2v) is 3.78. The van der Waals surface area contributed by atoms with Crippen molar-refractivity contribution >= 4 is 23.1 Å². The highest BCUT2D eigenvalue weighted by molar-refractivity contribution is 6.18. The summed E-state index contributed by atoms with van der Waals surface area (Å²) < 4.78 is 6.18. The van der Waals surface area contributed by atoms with E-state index in [2.05, 4.69) is 20.6 Å². The molecule has 92 valence electrons. The maximum Gasteiger partial charge on any atom is 0.364 e. The van der Waals surface area contributed by atoms with Gasteiger partial charge in [0.05, 0.1) is 12.6 Å². The van der Waals surface area contributed by atoms with Gasteiger partial charge in [-0.05, 0) is 12.1 Å². The SMILES string of the molecule is COCC(CCl)Nc1ccc2n[nH]c(=O)n2n1. The Kier molecular flexibility index (Phi) is 3.60. The summed E-state index contributed by atoms with van der Waals surface area (Å²) >= 11 is 5.77. The number of halogens is 1. The first-order valence-corrected chi connectivity index (χ1v) is 5.54. The molecule has 0 aliphatic rings. The standard InChI is InChI=1S/C9H12ClN5O2/c1-17-5-6(4-10)11-7-2-3-8-12-13-9(16)15(8)14-7/h2-3,6H,4-5H2,1H3,(H,11,14)(H,13,16). The van der Waals surface area contributed by atoms with Crippen LogP contribution in [-0.4, -0.2) is 45.4 Å². The van der Waals surface area contributed by atoms with Crippen molar-refractivity contribution in [1.82, 2.24) is 19.8 Å². The second kappa shape index (κ2) is 5.15. The molecule has 17 heavy (non-hydrogen) atoms. The smallest absolute Gasteiger partial charge is 0.364 e. The number of nitrogens with zero attached hydrogens (tertiary/aromatic N) is 3. The van der Waals surface area contributed by atoms with Crippen LogP contribution in [0.5, 0.6) is 0 Å². The Hall–Kier alpha value is -1.60. The molecule has 2 rings (SSSR count). The fraction of sp³-hybridized carbons (Fsp3) is 0.444. The van der Waals surface area contributed by atoms with Crippen molar-refractivity contribution in [3.63, 3.8) is 0 Å². The molecule has 0 aliphatic heterocycles. The summed E-state index contributed by atoms with van der Waals surface area (Å²) in [6, 6.07) is 3.35. The zero-order valence-electron chi connectivity index (χ0n) is 9.18. The van der Waals surface area contributed by atoms with Crippen molar-refractivity contribution in [2.45, 2.75) is 6.04 Å². The highest BCUT2D eigenvalue weighted by Crippen LogP contribution is 2.06. The van der Waals surface area contributed by atoms with Gasteiger partial charge < -0.3 is 10.1 Å². The van der Waals surface area contributed by atoms with Gasteiger partial charge in [-0.3, -0.25) is 0 Å². The lowest BCUT2D eigenvalue weighted by Crippen LogP contribution is -2.27. The number of rotatable bonds is 5.